The molecular weight excluding hydrogens is 704 g/mol. The van der Waals surface area contributed by atoms with Crippen LogP contribution in [0, 0.1) is 20.2 Å². The molecule has 0 amide bonds. The van der Waals surface area contributed by atoms with Crippen molar-refractivity contribution in [3.63, 3.8) is 0 Å². The maximum Gasteiger partial charge on any atom is 0.269 e. The van der Waals surface area contributed by atoms with E-state index < -0.39 is 46.1 Å². The number of nitro groups is 2. The van der Waals surface area contributed by atoms with E-state index >= 15 is 0 Å². The van der Waals surface area contributed by atoms with Gasteiger partial charge in [0.1, 0.15) is 24.3 Å². The van der Waals surface area contributed by atoms with Gasteiger partial charge in [0.2, 0.25) is 0 Å². The summed E-state index contributed by atoms with van der Waals surface area (Å²) in [4.78, 5) is 42.1. The molecule has 17 heteroatoms. The third-order valence-corrected chi connectivity index (χ3v) is 8.01. The summed E-state index contributed by atoms with van der Waals surface area (Å²) in [5, 5.41) is 80.6. The average Bonchev–Trinajstić information content (AvgIpc) is 3.14. The van der Waals surface area contributed by atoms with Crippen LogP contribution in [0.5, 0.6) is 0 Å². The largest absolute Gasteiger partial charge is 0.545 e. The molecule has 16 nitrogen and oxygen atoms in total. The van der Waals surface area contributed by atoms with Crippen LogP contribution in [0.1, 0.15) is 68.0 Å². The van der Waals surface area contributed by atoms with Gasteiger partial charge in [0.05, 0.1) is 35.0 Å². The van der Waals surface area contributed by atoms with Gasteiger partial charge in [0.15, 0.2) is 0 Å². The number of rotatable bonds is 13. The number of benzene rings is 4. The van der Waals surface area contributed by atoms with Crippen LogP contribution < -0.4 is 21.7 Å². The zero-order chi connectivity index (χ0) is 39.1. The molecule has 4 aromatic carbocycles. The minimum atomic E-state index is -1.53. The van der Waals surface area contributed by atoms with Crippen molar-refractivity contribution < 1.29 is 61.5 Å². The number of hydrogen-bond donors (Lipinski definition) is 6. The van der Waals surface area contributed by atoms with Crippen LogP contribution in [-0.2, 0) is 6.42 Å². The summed E-state index contributed by atoms with van der Waals surface area (Å²) in [6.07, 6.45) is -1.26. The highest BCUT2D eigenvalue weighted by molar-refractivity contribution is 6.30. The van der Waals surface area contributed by atoms with E-state index in [9.17, 15) is 50.2 Å². The Morgan fingerprint density at radius 2 is 1.13 bits per heavy atom. The molecule has 0 aliphatic carbocycles. The molecule has 0 heterocycles. The highest BCUT2D eigenvalue weighted by atomic mass is 35.5. The summed E-state index contributed by atoms with van der Waals surface area (Å²) >= 11 is 5.83. The maximum absolute atomic E-state index is 11.3. The van der Waals surface area contributed by atoms with Crippen molar-refractivity contribution in [3.05, 3.63) is 150 Å². The van der Waals surface area contributed by atoms with Gasteiger partial charge >= 0.3 is 0 Å². The van der Waals surface area contributed by atoms with Crippen molar-refractivity contribution in [2.45, 2.75) is 43.6 Å². The molecule has 0 spiro atoms. The number of carboxylic acids is 2. The first-order valence-corrected chi connectivity index (χ1v) is 15.9. The number of halogens is 1. The van der Waals surface area contributed by atoms with Crippen molar-refractivity contribution in [1.29, 1.82) is 0 Å². The molecule has 0 saturated carbocycles. The Balaban J connectivity index is 0.000000279. The van der Waals surface area contributed by atoms with Crippen LogP contribution in [0.4, 0.5) is 11.4 Å². The molecule has 4 rings (SSSR count). The van der Waals surface area contributed by atoms with Crippen LogP contribution in [-0.4, -0.2) is 67.5 Å². The summed E-state index contributed by atoms with van der Waals surface area (Å²) in [7, 11) is 0. The Kier molecular flexibility index (Phi) is 16.9. The molecule has 0 aromatic heterocycles. The van der Waals surface area contributed by atoms with Gasteiger partial charge < -0.3 is 51.7 Å². The van der Waals surface area contributed by atoms with Crippen molar-refractivity contribution >= 4 is 34.9 Å². The fraction of sp³-hybridized carbons (Fsp3) is 0.257. The summed E-state index contributed by atoms with van der Waals surface area (Å²) in [6.45, 7) is 1.35. The molecule has 5 unspecified atom stereocenters. The predicted octanol–water partition coefficient (Wildman–Crippen LogP) is -0.125. The van der Waals surface area contributed by atoms with Gasteiger partial charge in [0, 0.05) is 40.4 Å². The first kappa shape index (κ1) is 42.8. The Morgan fingerprint density at radius 1 is 0.712 bits per heavy atom. The van der Waals surface area contributed by atoms with Crippen molar-refractivity contribution in [1.82, 2.24) is 0 Å². The normalized spacial score (nSPS) is 13.5. The van der Waals surface area contributed by atoms with E-state index in [-0.39, 0.29) is 41.6 Å². The minimum absolute atomic E-state index is 0.0319. The number of carboxylic acid groups (broad SMARTS) is 2. The summed E-state index contributed by atoms with van der Waals surface area (Å²) < 4.78 is 0. The van der Waals surface area contributed by atoms with Gasteiger partial charge in [-0.3, -0.25) is 20.2 Å². The van der Waals surface area contributed by atoms with Crippen LogP contribution in [0.25, 0.3) is 0 Å². The second-order valence-corrected chi connectivity index (χ2v) is 12.0. The van der Waals surface area contributed by atoms with Crippen LogP contribution in [0.2, 0.25) is 5.02 Å². The number of aliphatic hydroxyl groups is 4. The quantitative estimate of drug-likeness (QED) is 0.0771. The molecule has 52 heavy (non-hydrogen) atoms. The minimum Gasteiger partial charge on any atom is -0.545 e. The number of hydrogen-bond acceptors (Lipinski definition) is 12. The predicted molar refractivity (Wildman–Crippen MR) is 182 cm³/mol. The number of carbonyl (C=O) groups excluding carboxylic acids is 2. The van der Waals surface area contributed by atoms with E-state index in [1.807, 2.05) is 19.1 Å². The fourth-order valence-electron chi connectivity index (χ4n) is 4.79. The Labute approximate surface area is 302 Å². The molecule has 0 bridgehead atoms. The van der Waals surface area contributed by atoms with E-state index in [0.717, 1.165) is 5.56 Å². The van der Waals surface area contributed by atoms with E-state index in [1.165, 1.54) is 60.7 Å². The molecule has 0 aliphatic heterocycles. The lowest BCUT2D eigenvalue weighted by molar-refractivity contribution is -0.444. The van der Waals surface area contributed by atoms with Gasteiger partial charge in [-0.2, -0.15) is 0 Å². The second kappa shape index (κ2) is 20.5. The third-order valence-electron chi connectivity index (χ3n) is 7.76. The van der Waals surface area contributed by atoms with Crippen LogP contribution in [0.3, 0.4) is 0 Å². The summed E-state index contributed by atoms with van der Waals surface area (Å²) in [5.41, 5.74) is 8.78. The van der Waals surface area contributed by atoms with E-state index in [0.29, 0.717) is 28.1 Å². The Morgan fingerprint density at radius 3 is 1.48 bits per heavy atom. The van der Waals surface area contributed by atoms with Crippen LogP contribution >= 0.6 is 11.6 Å². The lowest BCUT2D eigenvalue weighted by atomic mass is 9.88. The Hall–Kier alpha value is -5.33. The first-order valence-electron chi connectivity index (χ1n) is 15.5. The monoisotopic (exact) mass is 742 g/mol. The molecule has 0 fully saturated rings. The molecule has 10 N–H and O–H groups in total. The number of nitro benzene ring substituents is 2. The number of aliphatic hydroxyl groups excluding tert-OH is 4. The number of non-ortho nitro benzene ring substituents is 2. The molecule has 0 aliphatic rings. The number of quaternary nitrogens is 2. The Bertz CT molecular complexity index is 1720. The van der Waals surface area contributed by atoms with Gasteiger partial charge in [-0.15, -0.1) is 0 Å². The zero-order valence-corrected chi connectivity index (χ0v) is 28.7. The second-order valence-electron chi connectivity index (χ2n) is 11.5. The topological polar surface area (TPSA) is 303 Å². The highest BCUT2D eigenvalue weighted by Gasteiger charge is 2.21. The number of nitrogens with zero attached hydrogens (tertiary/aromatic N) is 2. The number of aromatic carboxylic acids is 2. The smallest absolute Gasteiger partial charge is 0.269 e. The number of carbonyl (C=O) groups is 2. The van der Waals surface area contributed by atoms with Crippen molar-refractivity contribution in [3.8, 4) is 0 Å². The average molecular weight is 743 g/mol. The zero-order valence-electron chi connectivity index (χ0n) is 27.9. The SMILES string of the molecule is CC(Cc1ccc(Cl)cc1)c1cccc(C(=O)[O-])c1C(=O)[O-].[NH3+]C(CO)C(O)c1ccc([N+](=O)[O-])cc1.[NH3+]C(CO)C(O)c1ccc([N+](=O)[O-])cc1. The van der Waals surface area contributed by atoms with Gasteiger partial charge in [0.25, 0.3) is 11.4 Å². The lowest BCUT2D eigenvalue weighted by Gasteiger charge is -2.21. The van der Waals surface area contributed by atoms with Gasteiger partial charge in [-0.05, 0) is 71.0 Å². The molecule has 0 radical (unpaired) electrons. The highest BCUT2D eigenvalue weighted by Crippen LogP contribution is 2.27. The fourth-order valence-corrected chi connectivity index (χ4v) is 4.92. The molecule has 4 aromatic rings. The van der Waals surface area contributed by atoms with Crippen molar-refractivity contribution in [2.75, 3.05) is 13.2 Å². The van der Waals surface area contributed by atoms with E-state index in [4.69, 9.17) is 21.8 Å². The third kappa shape index (κ3) is 12.5. The first-order chi connectivity index (χ1) is 24.5. The summed E-state index contributed by atoms with van der Waals surface area (Å²) in [6, 6.07) is 21.5. The molecule has 0 saturated heterocycles. The van der Waals surface area contributed by atoms with Crippen LogP contribution in [0.15, 0.2) is 91.0 Å². The van der Waals surface area contributed by atoms with Crippen molar-refractivity contribution in [2.24, 2.45) is 0 Å². The molecular formula is C35H39ClN4O12. The van der Waals surface area contributed by atoms with Gasteiger partial charge in [-0.25, -0.2) is 0 Å². The van der Waals surface area contributed by atoms with E-state index in [2.05, 4.69) is 11.5 Å². The maximum atomic E-state index is 11.3. The molecule has 5 atom stereocenters. The van der Waals surface area contributed by atoms with Gasteiger partial charge in [-0.1, -0.05) is 48.9 Å². The molecule has 278 valence electrons. The standard InChI is InChI=1S/C17H15ClO4.2C9H12N2O4/c1-10(9-11-5-7-12(18)8-6-11)13-3-2-4-14(16(19)20)15(13)17(21)22;2*10-8(5-12)9(13)6-1-3-7(4-2-6)11(14)15/h2-8,10H,9H2,1H3,(H,19,20)(H,21,22);2*1-4,8-9,12-13H,5,10H2. The van der Waals surface area contributed by atoms with E-state index in [1.54, 1.807) is 18.2 Å². The summed E-state index contributed by atoms with van der Waals surface area (Å²) in [5.74, 6) is -3.24. The lowest BCUT2D eigenvalue weighted by Crippen LogP contribution is -2.65.